The van der Waals surface area contributed by atoms with Gasteiger partial charge < -0.3 is 14.6 Å². The normalized spacial score (nSPS) is 17.9. The Labute approximate surface area is 191 Å². The van der Waals surface area contributed by atoms with E-state index in [1.54, 1.807) is 0 Å². The second-order valence-corrected chi connectivity index (χ2v) is 7.45. The van der Waals surface area contributed by atoms with Gasteiger partial charge in [-0.25, -0.2) is 4.39 Å². The van der Waals surface area contributed by atoms with Gasteiger partial charge in [-0.1, -0.05) is 12.1 Å². The molecule has 2 atom stereocenters. The number of rotatable bonds is 4. The third kappa shape index (κ3) is 4.40. The lowest BCUT2D eigenvalue weighted by Crippen LogP contribution is -2.17. The summed E-state index contributed by atoms with van der Waals surface area (Å²) in [7, 11) is 1.13. The van der Waals surface area contributed by atoms with Gasteiger partial charge in [0.2, 0.25) is 5.82 Å². The first kappa shape index (κ1) is 24.4. The Morgan fingerprint density at radius 1 is 1.09 bits per heavy atom. The number of carbonyl (C=O) groups is 1. The summed E-state index contributed by atoms with van der Waals surface area (Å²) in [5.74, 6) is -5.10. The zero-order valence-electron chi connectivity index (χ0n) is 17.5. The summed E-state index contributed by atoms with van der Waals surface area (Å²) in [6, 6.07) is 5.46. The molecule has 1 aliphatic rings. The Morgan fingerprint density at radius 3 is 2.40 bits per heavy atom. The molecule has 0 bridgehead atoms. The number of ether oxygens (including phenoxy) is 2. The standard InChI is InChI=1S/C21H14F7N3O4/c1-34-13-4-2-3-10(16(13)22)17-11-7-9(20(23,24)25)5-6-12(11)31-18(14(35-17)8-15(32)33)29-30-19(31)21(26,27)28/h2-7,14,17H,8H2,1H3,(H,32,33)/t14-,17-/m0/s1. The molecule has 0 saturated heterocycles. The molecule has 4 rings (SSSR count). The molecule has 0 aliphatic carbocycles. The van der Waals surface area contributed by atoms with Crippen LogP contribution in [0.15, 0.2) is 36.4 Å². The number of carboxylic acid groups (broad SMARTS) is 1. The molecule has 14 heteroatoms. The second-order valence-electron chi connectivity index (χ2n) is 7.45. The fraction of sp³-hybridized carbons (Fsp3) is 0.286. The van der Waals surface area contributed by atoms with Crippen LogP contribution in [-0.2, 0) is 21.9 Å². The van der Waals surface area contributed by atoms with Crippen LogP contribution in [0.4, 0.5) is 30.7 Å². The molecular formula is C21H14F7N3O4. The van der Waals surface area contributed by atoms with Gasteiger partial charge in [0.1, 0.15) is 12.2 Å². The average Bonchev–Trinajstić information content (AvgIpc) is 3.17. The third-order valence-electron chi connectivity index (χ3n) is 5.26. The molecule has 0 saturated carbocycles. The highest BCUT2D eigenvalue weighted by Crippen LogP contribution is 2.45. The molecule has 2 aromatic carbocycles. The van der Waals surface area contributed by atoms with E-state index in [1.165, 1.54) is 12.1 Å². The van der Waals surface area contributed by atoms with E-state index >= 15 is 4.39 Å². The molecule has 3 aromatic rings. The Balaban J connectivity index is 2.07. The molecule has 0 unspecified atom stereocenters. The highest BCUT2D eigenvalue weighted by molar-refractivity contribution is 5.67. The zero-order chi connectivity index (χ0) is 25.7. The maximum atomic E-state index is 15.2. The molecule has 35 heavy (non-hydrogen) atoms. The van der Waals surface area contributed by atoms with Gasteiger partial charge in [0.15, 0.2) is 17.4 Å². The van der Waals surface area contributed by atoms with Crippen LogP contribution in [0.25, 0.3) is 5.69 Å². The van der Waals surface area contributed by atoms with Crippen LogP contribution in [-0.4, -0.2) is 33.0 Å². The van der Waals surface area contributed by atoms with Crippen molar-refractivity contribution in [1.82, 2.24) is 14.8 Å². The number of nitrogens with zero attached hydrogens (tertiary/aromatic N) is 3. The van der Waals surface area contributed by atoms with E-state index in [1.807, 2.05) is 0 Å². The van der Waals surface area contributed by atoms with E-state index in [-0.39, 0.29) is 11.3 Å². The minimum atomic E-state index is -5.11. The minimum Gasteiger partial charge on any atom is -0.494 e. The highest BCUT2D eigenvalue weighted by atomic mass is 19.4. The molecule has 1 aliphatic heterocycles. The van der Waals surface area contributed by atoms with Crippen LogP contribution in [0.1, 0.15) is 47.0 Å². The lowest BCUT2D eigenvalue weighted by atomic mass is 9.96. The van der Waals surface area contributed by atoms with E-state index in [4.69, 9.17) is 9.47 Å². The maximum Gasteiger partial charge on any atom is 0.452 e. The first-order chi connectivity index (χ1) is 16.3. The van der Waals surface area contributed by atoms with Gasteiger partial charge in [-0.15, -0.1) is 10.2 Å². The number of benzene rings is 2. The number of methoxy groups -OCH3 is 1. The number of aromatic nitrogens is 3. The topological polar surface area (TPSA) is 86.5 Å². The summed E-state index contributed by atoms with van der Waals surface area (Å²) in [5.41, 5.74) is -2.61. The van der Waals surface area contributed by atoms with Gasteiger partial charge in [0.05, 0.1) is 24.8 Å². The van der Waals surface area contributed by atoms with Gasteiger partial charge in [0, 0.05) is 11.1 Å². The Morgan fingerprint density at radius 2 is 1.80 bits per heavy atom. The fourth-order valence-corrected chi connectivity index (χ4v) is 3.80. The molecule has 7 nitrogen and oxygen atoms in total. The molecule has 1 aromatic heterocycles. The number of halogens is 7. The number of alkyl halides is 6. The van der Waals surface area contributed by atoms with Crippen LogP contribution in [0.2, 0.25) is 0 Å². The van der Waals surface area contributed by atoms with Crippen LogP contribution in [0.5, 0.6) is 5.75 Å². The van der Waals surface area contributed by atoms with E-state index in [9.17, 15) is 36.2 Å². The van der Waals surface area contributed by atoms with Crippen molar-refractivity contribution in [1.29, 1.82) is 0 Å². The van der Waals surface area contributed by atoms with Gasteiger partial charge in [-0.05, 0) is 24.3 Å². The SMILES string of the molecule is COc1cccc([C@@H]2O[C@@H](CC(=O)O)c3nnc(C(F)(F)F)n3-c3ccc(C(F)(F)F)cc32)c1F. The van der Waals surface area contributed by atoms with Crippen LogP contribution in [0, 0.1) is 5.82 Å². The lowest BCUT2D eigenvalue weighted by molar-refractivity contribution is -0.146. The molecule has 2 heterocycles. The quantitative estimate of drug-likeness (QED) is 0.498. The number of fused-ring (bicyclic) bond motifs is 3. The van der Waals surface area contributed by atoms with E-state index in [0.29, 0.717) is 16.7 Å². The Hall–Kier alpha value is -3.68. The molecular weight excluding hydrogens is 491 g/mol. The first-order valence-corrected chi connectivity index (χ1v) is 9.76. The number of carboxylic acids is 1. The number of aliphatic carboxylic acids is 1. The molecule has 0 fully saturated rings. The predicted octanol–water partition coefficient (Wildman–Crippen LogP) is 5.09. The second kappa shape index (κ2) is 8.52. The fourth-order valence-electron chi connectivity index (χ4n) is 3.80. The van der Waals surface area contributed by atoms with E-state index < -0.39 is 71.2 Å². The molecule has 0 amide bonds. The largest absolute Gasteiger partial charge is 0.494 e. The van der Waals surface area contributed by atoms with Gasteiger partial charge in [-0.3, -0.25) is 9.36 Å². The highest BCUT2D eigenvalue weighted by Gasteiger charge is 2.44. The molecule has 186 valence electrons. The smallest absolute Gasteiger partial charge is 0.452 e. The minimum absolute atomic E-state index is 0.311. The first-order valence-electron chi connectivity index (χ1n) is 9.76. The summed E-state index contributed by atoms with van der Waals surface area (Å²) < 4.78 is 108. The van der Waals surface area contributed by atoms with Gasteiger partial charge in [0.25, 0.3) is 0 Å². The average molecular weight is 505 g/mol. The van der Waals surface area contributed by atoms with Crippen LogP contribution >= 0.6 is 0 Å². The van der Waals surface area contributed by atoms with Crippen molar-refractivity contribution in [2.24, 2.45) is 0 Å². The molecule has 0 radical (unpaired) electrons. The van der Waals surface area contributed by atoms with Crippen molar-refractivity contribution < 1.29 is 50.1 Å². The monoisotopic (exact) mass is 505 g/mol. The van der Waals surface area contributed by atoms with Crippen molar-refractivity contribution >= 4 is 5.97 Å². The Bertz CT molecular complexity index is 1290. The van der Waals surface area contributed by atoms with Crippen molar-refractivity contribution in [3.05, 3.63) is 70.6 Å². The number of hydrogen-bond acceptors (Lipinski definition) is 5. The summed E-state index contributed by atoms with van der Waals surface area (Å²) in [5, 5.41) is 15.8. The van der Waals surface area contributed by atoms with Gasteiger partial charge >= 0.3 is 18.3 Å². The summed E-state index contributed by atoms with van der Waals surface area (Å²) in [6.07, 6.45) is -14.4. The van der Waals surface area contributed by atoms with Crippen molar-refractivity contribution in [3.63, 3.8) is 0 Å². The molecule has 1 N–H and O–H groups in total. The molecule has 0 spiro atoms. The van der Waals surface area contributed by atoms with Crippen molar-refractivity contribution in [3.8, 4) is 11.4 Å². The van der Waals surface area contributed by atoms with Crippen LogP contribution in [0.3, 0.4) is 0 Å². The van der Waals surface area contributed by atoms with Crippen LogP contribution < -0.4 is 4.74 Å². The number of hydrogen-bond donors (Lipinski definition) is 1. The van der Waals surface area contributed by atoms with E-state index in [2.05, 4.69) is 10.2 Å². The summed E-state index contributed by atoms with van der Waals surface area (Å²) in [6.45, 7) is 0. The summed E-state index contributed by atoms with van der Waals surface area (Å²) in [4.78, 5) is 11.5. The third-order valence-corrected chi connectivity index (χ3v) is 5.26. The summed E-state index contributed by atoms with van der Waals surface area (Å²) >= 11 is 0. The van der Waals surface area contributed by atoms with Gasteiger partial charge in [-0.2, -0.15) is 26.3 Å². The lowest BCUT2D eigenvalue weighted by Gasteiger charge is -2.23. The van der Waals surface area contributed by atoms with Crippen molar-refractivity contribution in [2.45, 2.75) is 31.0 Å². The zero-order valence-corrected chi connectivity index (χ0v) is 17.5. The van der Waals surface area contributed by atoms with E-state index in [0.717, 1.165) is 19.2 Å². The Kier molecular flexibility index (Phi) is 5.95. The maximum absolute atomic E-state index is 15.2. The van der Waals surface area contributed by atoms with Crippen molar-refractivity contribution in [2.75, 3.05) is 7.11 Å². The predicted molar refractivity (Wildman–Crippen MR) is 102 cm³/mol.